The van der Waals surface area contributed by atoms with Crippen LogP contribution in [0, 0.1) is 0 Å². The second-order valence-electron chi connectivity index (χ2n) is 3.91. The lowest BCUT2D eigenvalue weighted by Gasteiger charge is -2.07. The van der Waals surface area contributed by atoms with Crippen LogP contribution in [0.4, 0.5) is 0 Å². The minimum atomic E-state index is -1.17. The monoisotopic (exact) mass is 272 g/mol. The van der Waals surface area contributed by atoms with Gasteiger partial charge in [-0.3, -0.25) is 4.79 Å². The molecule has 2 rings (SSSR count). The Hall–Kier alpha value is -2.76. The molecule has 20 heavy (non-hydrogen) atoms. The molecule has 0 aromatic carbocycles. The van der Waals surface area contributed by atoms with Crippen LogP contribution in [0.3, 0.4) is 0 Å². The molecule has 2 aromatic rings. The van der Waals surface area contributed by atoms with Gasteiger partial charge in [-0.1, -0.05) is 6.92 Å². The molecule has 102 valence electrons. The minimum Gasteiger partial charge on any atom is -0.476 e. The van der Waals surface area contributed by atoms with Gasteiger partial charge in [0.05, 0.1) is 6.20 Å². The molecule has 0 saturated carbocycles. The van der Waals surface area contributed by atoms with Gasteiger partial charge in [0.25, 0.3) is 0 Å². The summed E-state index contributed by atoms with van der Waals surface area (Å²) in [5.74, 6) is -0.778. The van der Waals surface area contributed by atoms with Crippen LogP contribution in [0.1, 0.15) is 34.3 Å². The summed E-state index contributed by atoms with van der Waals surface area (Å²) in [4.78, 5) is 30.1. The largest absolute Gasteiger partial charge is 0.476 e. The van der Waals surface area contributed by atoms with E-state index in [4.69, 9.17) is 9.84 Å². The van der Waals surface area contributed by atoms with Crippen molar-refractivity contribution in [1.82, 2.24) is 9.97 Å². The third-order valence-electron chi connectivity index (χ3n) is 2.54. The van der Waals surface area contributed by atoms with E-state index in [1.807, 2.05) is 0 Å². The summed E-state index contributed by atoms with van der Waals surface area (Å²) in [5.41, 5.74) is 0.172. The lowest BCUT2D eigenvalue weighted by Crippen LogP contribution is -2.03. The van der Waals surface area contributed by atoms with Crippen molar-refractivity contribution in [2.24, 2.45) is 0 Å². The second-order valence-corrected chi connectivity index (χ2v) is 3.91. The summed E-state index contributed by atoms with van der Waals surface area (Å²) in [6.45, 7) is 1.75. The number of Topliss-reactive ketones (excluding diaryl/α,β-unsaturated/α-hetero) is 1. The third kappa shape index (κ3) is 2.97. The number of carboxylic acids is 1. The number of hydrogen-bond donors (Lipinski definition) is 1. The first-order valence-electron chi connectivity index (χ1n) is 5.97. The maximum atomic E-state index is 11.4. The zero-order valence-corrected chi connectivity index (χ0v) is 10.7. The smallest absolute Gasteiger partial charge is 0.358 e. The predicted octanol–water partition coefficient (Wildman–Crippen LogP) is 2.56. The quantitative estimate of drug-likeness (QED) is 0.841. The summed E-state index contributed by atoms with van der Waals surface area (Å²) in [7, 11) is 0. The maximum absolute atomic E-state index is 11.4. The first-order valence-corrected chi connectivity index (χ1v) is 5.97. The molecular weight excluding hydrogens is 260 g/mol. The van der Waals surface area contributed by atoms with Crippen molar-refractivity contribution in [2.45, 2.75) is 13.3 Å². The van der Waals surface area contributed by atoms with Crippen LogP contribution >= 0.6 is 0 Å². The summed E-state index contributed by atoms with van der Waals surface area (Å²) in [5, 5.41) is 8.99. The van der Waals surface area contributed by atoms with Gasteiger partial charge in [-0.25, -0.2) is 14.8 Å². The predicted molar refractivity (Wildman–Crippen MR) is 70.1 cm³/mol. The summed E-state index contributed by atoms with van der Waals surface area (Å²) >= 11 is 0. The number of nitrogens with zero attached hydrogens (tertiary/aromatic N) is 2. The Balaban J connectivity index is 2.23. The maximum Gasteiger partial charge on any atom is 0.358 e. The molecule has 6 nitrogen and oxygen atoms in total. The molecule has 0 unspecified atom stereocenters. The van der Waals surface area contributed by atoms with Crippen molar-refractivity contribution in [3.05, 3.63) is 48.0 Å². The number of carbonyl (C=O) groups excluding carboxylic acids is 1. The molecule has 2 heterocycles. The van der Waals surface area contributed by atoms with Crippen molar-refractivity contribution < 1.29 is 19.4 Å². The van der Waals surface area contributed by atoms with Gasteiger partial charge in [0.15, 0.2) is 17.2 Å². The fourth-order valence-electron chi connectivity index (χ4n) is 1.55. The average Bonchev–Trinajstić information content (AvgIpc) is 2.47. The molecule has 0 atom stereocenters. The molecular formula is C14H12N2O4. The van der Waals surface area contributed by atoms with E-state index in [9.17, 15) is 9.59 Å². The highest BCUT2D eigenvalue weighted by Crippen LogP contribution is 2.23. The molecule has 0 amide bonds. The van der Waals surface area contributed by atoms with Gasteiger partial charge >= 0.3 is 5.97 Å². The van der Waals surface area contributed by atoms with Gasteiger partial charge in [-0.15, -0.1) is 0 Å². The number of carbonyl (C=O) groups is 2. The molecule has 6 heteroatoms. The first kappa shape index (κ1) is 13.7. The SMILES string of the molecule is CCC(=O)c1ccc(Oc2cccnc2C(=O)O)cn1. The van der Waals surface area contributed by atoms with E-state index >= 15 is 0 Å². The summed E-state index contributed by atoms with van der Waals surface area (Å²) in [6, 6.07) is 6.18. The Morgan fingerprint density at radius 2 is 2.05 bits per heavy atom. The van der Waals surface area contributed by atoms with Crippen molar-refractivity contribution in [2.75, 3.05) is 0 Å². The van der Waals surface area contributed by atoms with Gasteiger partial charge in [0, 0.05) is 12.6 Å². The number of hydrogen-bond acceptors (Lipinski definition) is 5. The molecule has 0 radical (unpaired) electrons. The summed E-state index contributed by atoms with van der Waals surface area (Å²) in [6.07, 6.45) is 3.12. The lowest BCUT2D eigenvalue weighted by molar-refractivity contribution is 0.0687. The Labute approximate surface area is 115 Å². The van der Waals surface area contributed by atoms with Crippen LogP contribution in [-0.2, 0) is 0 Å². The lowest BCUT2D eigenvalue weighted by atomic mass is 10.2. The second kappa shape index (κ2) is 5.92. The van der Waals surface area contributed by atoms with Gasteiger partial charge in [-0.05, 0) is 24.3 Å². The number of aromatic nitrogens is 2. The Bertz CT molecular complexity index is 638. The topological polar surface area (TPSA) is 89.4 Å². The fourth-order valence-corrected chi connectivity index (χ4v) is 1.55. The van der Waals surface area contributed by atoms with Crippen LogP contribution in [-0.4, -0.2) is 26.8 Å². The van der Waals surface area contributed by atoms with Crippen molar-refractivity contribution >= 4 is 11.8 Å². The third-order valence-corrected chi connectivity index (χ3v) is 2.54. The van der Waals surface area contributed by atoms with Crippen LogP contribution < -0.4 is 4.74 Å². The van der Waals surface area contributed by atoms with Gasteiger partial charge in [0.1, 0.15) is 11.4 Å². The van der Waals surface area contributed by atoms with Crippen molar-refractivity contribution in [3.63, 3.8) is 0 Å². The Morgan fingerprint density at radius 1 is 1.25 bits per heavy atom. The normalized spacial score (nSPS) is 10.1. The van der Waals surface area contributed by atoms with Gasteiger partial charge < -0.3 is 9.84 Å². The van der Waals surface area contributed by atoms with Gasteiger partial charge in [0.2, 0.25) is 0 Å². The minimum absolute atomic E-state index is 0.0656. The standard InChI is InChI=1S/C14H12N2O4/c1-2-11(17)10-6-5-9(8-16-10)20-12-4-3-7-15-13(12)14(18)19/h3-8H,2H2,1H3,(H,18,19). The van der Waals surface area contributed by atoms with E-state index in [0.717, 1.165) is 0 Å². The Morgan fingerprint density at radius 3 is 2.65 bits per heavy atom. The number of ether oxygens (including phenoxy) is 1. The molecule has 0 bridgehead atoms. The van der Waals surface area contributed by atoms with E-state index < -0.39 is 5.97 Å². The number of ketones is 1. The van der Waals surface area contributed by atoms with Crippen molar-refractivity contribution in [3.8, 4) is 11.5 Å². The number of aromatic carboxylic acids is 1. The highest BCUT2D eigenvalue weighted by molar-refractivity contribution is 5.94. The van der Waals surface area contributed by atoms with Crippen molar-refractivity contribution in [1.29, 1.82) is 0 Å². The molecule has 0 fully saturated rings. The van der Waals surface area contributed by atoms with E-state index in [0.29, 0.717) is 17.9 Å². The van der Waals surface area contributed by atoms with Crippen LogP contribution in [0.15, 0.2) is 36.7 Å². The average molecular weight is 272 g/mol. The first-order chi connectivity index (χ1) is 9.61. The summed E-state index contributed by atoms with van der Waals surface area (Å²) < 4.78 is 5.42. The van der Waals surface area contributed by atoms with Crippen LogP contribution in [0.2, 0.25) is 0 Å². The molecule has 2 aromatic heterocycles. The zero-order chi connectivity index (χ0) is 14.5. The molecule has 0 aliphatic heterocycles. The number of carboxylic acid groups (broad SMARTS) is 1. The van der Waals surface area contributed by atoms with E-state index in [-0.39, 0.29) is 17.2 Å². The van der Waals surface area contributed by atoms with Gasteiger partial charge in [-0.2, -0.15) is 0 Å². The van der Waals surface area contributed by atoms with Crippen LogP contribution in [0.25, 0.3) is 0 Å². The van der Waals surface area contributed by atoms with E-state index in [2.05, 4.69) is 9.97 Å². The van der Waals surface area contributed by atoms with E-state index in [1.165, 1.54) is 24.5 Å². The fraction of sp³-hybridized carbons (Fsp3) is 0.143. The molecule has 0 aliphatic carbocycles. The highest BCUT2D eigenvalue weighted by atomic mass is 16.5. The molecule has 1 N–H and O–H groups in total. The number of rotatable bonds is 5. The molecule has 0 saturated heterocycles. The molecule has 0 spiro atoms. The number of pyridine rings is 2. The molecule has 0 aliphatic rings. The zero-order valence-electron chi connectivity index (χ0n) is 10.7. The van der Waals surface area contributed by atoms with Crippen LogP contribution in [0.5, 0.6) is 11.5 Å². The highest BCUT2D eigenvalue weighted by Gasteiger charge is 2.13. The Kier molecular flexibility index (Phi) is 4.05. The van der Waals surface area contributed by atoms with E-state index in [1.54, 1.807) is 19.1 Å².